The molecule has 1 aromatic rings. The van der Waals surface area contributed by atoms with E-state index in [9.17, 15) is 9.18 Å². The van der Waals surface area contributed by atoms with Crippen molar-refractivity contribution in [1.82, 2.24) is 0 Å². The van der Waals surface area contributed by atoms with Crippen molar-refractivity contribution in [1.29, 1.82) is 0 Å². The Hall–Kier alpha value is -1.30. The Morgan fingerprint density at radius 1 is 1.47 bits per heavy atom. The minimum atomic E-state index is -2.08. The van der Waals surface area contributed by atoms with Crippen LogP contribution in [0.4, 0.5) is 4.39 Å². The standard InChI is InChI=1S/C9H6BrFO4/c10-5-2-7-6(14-3-15-7)1-4(5)8(11)9(12)13/h1-2,8H,3H2,(H,12,13). The van der Waals surface area contributed by atoms with Crippen LogP contribution in [0.25, 0.3) is 0 Å². The molecule has 1 unspecified atom stereocenters. The van der Waals surface area contributed by atoms with Gasteiger partial charge in [-0.1, -0.05) is 15.9 Å². The van der Waals surface area contributed by atoms with Gasteiger partial charge in [0, 0.05) is 10.0 Å². The van der Waals surface area contributed by atoms with Crippen molar-refractivity contribution in [2.75, 3.05) is 6.79 Å². The number of halogens is 2. The van der Waals surface area contributed by atoms with E-state index in [1.165, 1.54) is 12.1 Å². The molecule has 1 aliphatic rings. The summed E-state index contributed by atoms with van der Waals surface area (Å²) < 4.78 is 23.7. The van der Waals surface area contributed by atoms with Gasteiger partial charge in [-0.2, -0.15) is 0 Å². The Kier molecular flexibility index (Phi) is 2.52. The normalized spacial score (nSPS) is 15.1. The highest BCUT2D eigenvalue weighted by Gasteiger charge is 2.25. The van der Waals surface area contributed by atoms with Gasteiger partial charge < -0.3 is 14.6 Å². The predicted molar refractivity (Wildman–Crippen MR) is 51.7 cm³/mol. The first-order chi connectivity index (χ1) is 7.09. The lowest BCUT2D eigenvalue weighted by molar-refractivity contribution is -0.143. The van der Waals surface area contributed by atoms with E-state index in [-0.39, 0.29) is 12.4 Å². The second-order valence-corrected chi connectivity index (χ2v) is 3.78. The van der Waals surface area contributed by atoms with Gasteiger partial charge in [-0.3, -0.25) is 0 Å². The molecule has 80 valence electrons. The number of carboxylic acids is 1. The lowest BCUT2D eigenvalue weighted by Gasteiger charge is -2.07. The van der Waals surface area contributed by atoms with Crippen molar-refractivity contribution in [3.8, 4) is 11.5 Å². The summed E-state index contributed by atoms with van der Waals surface area (Å²) in [5, 5.41) is 8.54. The molecule has 1 atom stereocenters. The van der Waals surface area contributed by atoms with Gasteiger partial charge in [-0.05, 0) is 12.1 Å². The summed E-state index contributed by atoms with van der Waals surface area (Å²) in [6.45, 7) is 0.0647. The first kappa shape index (κ1) is 10.2. The molecule has 0 amide bonds. The summed E-state index contributed by atoms with van der Waals surface area (Å²) in [4.78, 5) is 10.5. The monoisotopic (exact) mass is 276 g/mol. The maximum absolute atomic E-state index is 13.3. The molecule has 1 N–H and O–H groups in total. The second-order valence-electron chi connectivity index (χ2n) is 2.93. The number of benzene rings is 1. The number of carboxylic acid groups (broad SMARTS) is 1. The van der Waals surface area contributed by atoms with Gasteiger partial charge in [0.05, 0.1) is 0 Å². The lowest BCUT2D eigenvalue weighted by atomic mass is 10.1. The summed E-state index contributed by atoms with van der Waals surface area (Å²) >= 11 is 3.08. The number of aliphatic carboxylic acids is 1. The molecule has 6 heteroatoms. The maximum Gasteiger partial charge on any atom is 0.343 e. The van der Waals surface area contributed by atoms with Crippen molar-refractivity contribution in [2.45, 2.75) is 6.17 Å². The topological polar surface area (TPSA) is 55.8 Å². The number of hydrogen-bond donors (Lipinski definition) is 1. The Morgan fingerprint density at radius 2 is 2.07 bits per heavy atom. The zero-order valence-electron chi connectivity index (χ0n) is 7.37. The molecule has 0 bridgehead atoms. The molecule has 1 heterocycles. The van der Waals surface area contributed by atoms with Crippen LogP contribution < -0.4 is 9.47 Å². The molecule has 15 heavy (non-hydrogen) atoms. The fraction of sp³-hybridized carbons (Fsp3) is 0.222. The highest BCUT2D eigenvalue weighted by Crippen LogP contribution is 2.39. The van der Waals surface area contributed by atoms with Crippen molar-refractivity contribution in [3.63, 3.8) is 0 Å². The van der Waals surface area contributed by atoms with Gasteiger partial charge >= 0.3 is 5.97 Å². The van der Waals surface area contributed by atoms with E-state index in [0.29, 0.717) is 16.0 Å². The smallest absolute Gasteiger partial charge is 0.343 e. The van der Waals surface area contributed by atoms with E-state index in [1.807, 2.05) is 0 Å². The molecule has 4 nitrogen and oxygen atoms in total. The van der Waals surface area contributed by atoms with Crippen LogP contribution in [0.3, 0.4) is 0 Å². The van der Waals surface area contributed by atoms with Gasteiger partial charge in [0.25, 0.3) is 0 Å². The van der Waals surface area contributed by atoms with E-state index in [1.54, 1.807) is 0 Å². The van der Waals surface area contributed by atoms with Crippen LogP contribution in [0.1, 0.15) is 11.7 Å². The first-order valence-electron chi connectivity index (χ1n) is 4.05. The Bertz CT molecular complexity index is 421. The summed E-state index contributed by atoms with van der Waals surface area (Å²) in [7, 11) is 0. The minimum absolute atomic E-state index is 0.0201. The average Bonchev–Trinajstić information content (AvgIpc) is 2.62. The van der Waals surface area contributed by atoms with Crippen LogP contribution in [0.15, 0.2) is 16.6 Å². The molecule has 1 aliphatic heterocycles. The van der Waals surface area contributed by atoms with Crippen molar-refractivity contribution < 1.29 is 23.8 Å². The van der Waals surface area contributed by atoms with E-state index in [2.05, 4.69) is 15.9 Å². The molecule has 0 spiro atoms. The van der Waals surface area contributed by atoms with Gasteiger partial charge in [-0.15, -0.1) is 0 Å². The summed E-state index contributed by atoms with van der Waals surface area (Å²) in [5.41, 5.74) is 0.0201. The molecular weight excluding hydrogens is 271 g/mol. The number of carbonyl (C=O) groups is 1. The molecular formula is C9H6BrFO4. The summed E-state index contributed by atoms with van der Waals surface area (Å²) in [6, 6.07) is 2.82. The van der Waals surface area contributed by atoms with Crippen LogP contribution in [0, 0.1) is 0 Å². The third-order valence-corrected chi connectivity index (χ3v) is 2.67. The molecule has 1 aromatic carbocycles. The SMILES string of the molecule is O=C(O)C(F)c1cc2c(cc1Br)OCO2. The number of alkyl halides is 1. The number of ether oxygens (including phenoxy) is 2. The van der Waals surface area contributed by atoms with Crippen molar-refractivity contribution in [2.24, 2.45) is 0 Å². The molecule has 0 aliphatic carbocycles. The maximum atomic E-state index is 13.3. The van der Waals surface area contributed by atoms with E-state index in [4.69, 9.17) is 14.6 Å². The van der Waals surface area contributed by atoms with Gasteiger partial charge in [0.2, 0.25) is 13.0 Å². The van der Waals surface area contributed by atoms with Crippen molar-refractivity contribution in [3.05, 3.63) is 22.2 Å². The quantitative estimate of drug-likeness (QED) is 0.900. The van der Waals surface area contributed by atoms with Crippen LogP contribution in [-0.2, 0) is 4.79 Å². The zero-order chi connectivity index (χ0) is 11.0. The third-order valence-electron chi connectivity index (χ3n) is 1.98. The van der Waals surface area contributed by atoms with Gasteiger partial charge in [0.1, 0.15) is 0 Å². The Balaban J connectivity index is 2.44. The number of fused-ring (bicyclic) bond motifs is 1. The molecule has 0 saturated heterocycles. The fourth-order valence-electron chi connectivity index (χ4n) is 1.26. The minimum Gasteiger partial charge on any atom is -0.479 e. The third kappa shape index (κ3) is 1.77. The summed E-state index contributed by atoms with van der Waals surface area (Å²) in [6.07, 6.45) is -2.08. The van der Waals surface area contributed by atoms with Crippen LogP contribution in [0.2, 0.25) is 0 Å². The number of hydrogen-bond acceptors (Lipinski definition) is 3. The number of rotatable bonds is 2. The van der Waals surface area contributed by atoms with Crippen molar-refractivity contribution >= 4 is 21.9 Å². The molecule has 0 fully saturated rings. The highest BCUT2D eigenvalue weighted by molar-refractivity contribution is 9.10. The molecule has 2 rings (SSSR count). The van der Waals surface area contributed by atoms with Gasteiger partial charge in [-0.25, -0.2) is 9.18 Å². The van der Waals surface area contributed by atoms with Gasteiger partial charge in [0.15, 0.2) is 11.5 Å². The lowest BCUT2D eigenvalue weighted by Crippen LogP contribution is -2.06. The highest BCUT2D eigenvalue weighted by atomic mass is 79.9. The fourth-order valence-corrected chi connectivity index (χ4v) is 1.78. The first-order valence-corrected chi connectivity index (χ1v) is 4.85. The molecule has 0 aromatic heterocycles. The van der Waals surface area contributed by atoms with Crippen LogP contribution in [-0.4, -0.2) is 17.9 Å². The van der Waals surface area contributed by atoms with Crippen LogP contribution in [0.5, 0.6) is 11.5 Å². The van der Waals surface area contributed by atoms with E-state index >= 15 is 0 Å². The largest absolute Gasteiger partial charge is 0.479 e. The predicted octanol–water partition coefficient (Wildman–Crippen LogP) is 2.27. The molecule has 0 radical (unpaired) electrons. The average molecular weight is 277 g/mol. The zero-order valence-corrected chi connectivity index (χ0v) is 8.95. The van der Waals surface area contributed by atoms with Crippen LogP contribution >= 0.6 is 15.9 Å². The van der Waals surface area contributed by atoms with E-state index < -0.39 is 12.1 Å². The Labute approximate surface area is 92.7 Å². The van der Waals surface area contributed by atoms with E-state index in [0.717, 1.165) is 0 Å². The Morgan fingerprint density at radius 3 is 2.67 bits per heavy atom. The summed E-state index contributed by atoms with van der Waals surface area (Å²) in [5.74, 6) is -0.699. The molecule has 0 saturated carbocycles. The second kappa shape index (κ2) is 3.69.